The van der Waals surface area contributed by atoms with Crippen LogP contribution in [-0.2, 0) is 11.2 Å². The minimum Gasteiger partial charge on any atom is -0.488 e. The van der Waals surface area contributed by atoms with Gasteiger partial charge in [-0.15, -0.1) is 0 Å². The van der Waals surface area contributed by atoms with Crippen LogP contribution in [0.5, 0.6) is 11.5 Å². The Morgan fingerprint density at radius 3 is 2.50 bits per heavy atom. The Morgan fingerprint density at radius 2 is 1.92 bits per heavy atom. The summed E-state index contributed by atoms with van der Waals surface area (Å²) < 4.78 is 11.6. The summed E-state index contributed by atoms with van der Waals surface area (Å²) in [6.07, 6.45) is 3.23. The van der Waals surface area contributed by atoms with E-state index >= 15 is 0 Å². The maximum absolute atomic E-state index is 12.2. The normalized spacial score (nSPS) is 17.3. The Kier molecular flexibility index (Phi) is 6.27. The largest absolute Gasteiger partial charge is 0.488 e. The Morgan fingerprint density at radius 1 is 1.25 bits per heavy atom. The molecular formula is C20H31NO3. The number of ether oxygens (including phenoxy) is 2. The summed E-state index contributed by atoms with van der Waals surface area (Å²) in [5.74, 6) is 1.04. The molecule has 0 bridgehead atoms. The zero-order chi connectivity index (χ0) is 17.7. The quantitative estimate of drug-likeness (QED) is 0.581. The third kappa shape index (κ3) is 4.50. The van der Waals surface area contributed by atoms with Crippen LogP contribution < -0.4 is 9.47 Å². The molecule has 1 heterocycles. The first-order chi connectivity index (χ1) is 11.4. The lowest BCUT2D eigenvalue weighted by molar-refractivity contribution is -0.143. The van der Waals surface area contributed by atoms with E-state index in [9.17, 15) is 4.79 Å². The maximum Gasteiger partial charge on any atom is 0.316 e. The number of carbonyl (C=O) groups is 1. The zero-order valence-electron chi connectivity index (χ0n) is 15.7. The molecule has 2 rings (SSSR count). The van der Waals surface area contributed by atoms with E-state index in [4.69, 9.17) is 9.47 Å². The van der Waals surface area contributed by atoms with Gasteiger partial charge in [0.15, 0.2) is 11.5 Å². The van der Waals surface area contributed by atoms with Gasteiger partial charge in [-0.1, -0.05) is 26.0 Å². The van der Waals surface area contributed by atoms with Crippen LogP contribution >= 0.6 is 0 Å². The average Bonchev–Trinajstić information content (AvgIpc) is 2.53. The van der Waals surface area contributed by atoms with E-state index in [2.05, 4.69) is 24.8 Å². The summed E-state index contributed by atoms with van der Waals surface area (Å²) >= 11 is 0. The number of esters is 1. The molecule has 0 amide bonds. The van der Waals surface area contributed by atoms with Gasteiger partial charge in [-0.2, -0.15) is 0 Å². The molecule has 4 heteroatoms. The summed E-state index contributed by atoms with van der Waals surface area (Å²) in [6.45, 7) is 12.8. The molecule has 4 nitrogen and oxygen atoms in total. The van der Waals surface area contributed by atoms with E-state index < -0.39 is 5.41 Å². The highest BCUT2D eigenvalue weighted by Gasteiger charge is 2.29. The highest BCUT2D eigenvalue weighted by Crippen LogP contribution is 2.37. The number of benzene rings is 1. The highest BCUT2D eigenvalue weighted by atomic mass is 16.6. The molecule has 24 heavy (non-hydrogen) atoms. The molecule has 0 N–H and O–H groups in total. The van der Waals surface area contributed by atoms with E-state index in [1.54, 1.807) is 0 Å². The third-order valence-corrected chi connectivity index (χ3v) is 4.29. The van der Waals surface area contributed by atoms with Crippen molar-refractivity contribution in [3.63, 3.8) is 0 Å². The Labute approximate surface area is 146 Å². The first-order valence-corrected chi connectivity index (χ1v) is 9.07. The van der Waals surface area contributed by atoms with E-state index in [0.717, 1.165) is 43.7 Å². The summed E-state index contributed by atoms with van der Waals surface area (Å²) in [4.78, 5) is 14.7. The Balaban J connectivity index is 2.15. The van der Waals surface area contributed by atoms with E-state index in [-0.39, 0.29) is 5.97 Å². The van der Waals surface area contributed by atoms with Gasteiger partial charge in [0.25, 0.3) is 0 Å². The van der Waals surface area contributed by atoms with Crippen LogP contribution in [0.2, 0.25) is 0 Å². The predicted octanol–water partition coefficient (Wildman–Crippen LogP) is 4.06. The molecule has 1 aromatic carbocycles. The maximum atomic E-state index is 12.2. The second kappa shape index (κ2) is 8.02. The van der Waals surface area contributed by atoms with Crippen LogP contribution in [0.3, 0.4) is 0 Å². The van der Waals surface area contributed by atoms with Crippen LogP contribution in [0.4, 0.5) is 0 Å². The average molecular weight is 333 g/mol. The van der Waals surface area contributed by atoms with Gasteiger partial charge in [0.1, 0.15) is 6.61 Å². The van der Waals surface area contributed by atoms with Crippen LogP contribution in [-0.4, -0.2) is 36.6 Å². The summed E-state index contributed by atoms with van der Waals surface area (Å²) in [5.41, 5.74) is 0.599. The van der Waals surface area contributed by atoms with Gasteiger partial charge in [-0.25, -0.2) is 0 Å². The number of carbonyl (C=O) groups excluding carboxylic acids is 1. The third-order valence-electron chi connectivity index (χ3n) is 4.29. The van der Waals surface area contributed by atoms with Gasteiger partial charge >= 0.3 is 5.97 Å². The number of hydrogen-bond acceptors (Lipinski definition) is 4. The topological polar surface area (TPSA) is 38.8 Å². The number of nitrogens with zero attached hydrogens (tertiary/aromatic N) is 1. The summed E-state index contributed by atoms with van der Waals surface area (Å²) in [7, 11) is 0. The minimum absolute atomic E-state index is 0.236. The number of hydrogen-bond donors (Lipinski definition) is 0. The fourth-order valence-electron chi connectivity index (χ4n) is 3.00. The molecule has 0 spiro atoms. The van der Waals surface area contributed by atoms with E-state index in [0.29, 0.717) is 18.4 Å². The zero-order valence-corrected chi connectivity index (χ0v) is 15.7. The molecule has 134 valence electrons. The second-order valence-corrected chi connectivity index (χ2v) is 7.59. The van der Waals surface area contributed by atoms with E-state index in [1.165, 1.54) is 0 Å². The standard InChI is InChI=1S/C20H31NO3/c1-6-11-21(12-7-2)16-13-15-9-8-10-17(18(15)23-14-16)24-19(22)20(3,4)5/h8-10,16H,6-7,11-14H2,1-5H3. The monoisotopic (exact) mass is 333 g/mol. The van der Waals surface area contributed by atoms with Crippen molar-refractivity contribution >= 4 is 5.97 Å². The predicted molar refractivity (Wildman–Crippen MR) is 96.7 cm³/mol. The fraction of sp³-hybridized carbons (Fsp3) is 0.650. The number of fused-ring (bicyclic) bond motifs is 1. The molecule has 1 unspecified atom stereocenters. The SMILES string of the molecule is CCCN(CCC)C1COc2c(cccc2OC(=O)C(C)(C)C)C1. The second-order valence-electron chi connectivity index (χ2n) is 7.59. The van der Waals surface area contributed by atoms with Gasteiger partial charge in [0.05, 0.1) is 5.41 Å². The first-order valence-electron chi connectivity index (χ1n) is 9.07. The lowest BCUT2D eigenvalue weighted by Gasteiger charge is -2.35. The van der Waals surface area contributed by atoms with Gasteiger partial charge < -0.3 is 9.47 Å². The number of para-hydroxylation sites is 1. The van der Waals surface area contributed by atoms with Crippen molar-refractivity contribution in [3.8, 4) is 11.5 Å². The van der Waals surface area contributed by atoms with Crippen LogP contribution in [0.15, 0.2) is 18.2 Å². The summed E-state index contributed by atoms with van der Waals surface area (Å²) in [5, 5.41) is 0. The van der Waals surface area contributed by atoms with Crippen LogP contribution in [0, 0.1) is 5.41 Å². The van der Waals surface area contributed by atoms with Gasteiger partial charge in [0, 0.05) is 6.04 Å². The molecule has 1 aromatic rings. The molecule has 0 aliphatic carbocycles. The molecule has 0 fully saturated rings. The van der Waals surface area contributed by atoms with Crippen molar-refractivity contribution in [2.45, 2.75) is 59.9 Å². The van der Waals surface area contributed by atoms with Crippen molar-refractivity contribution in [1.29, 1.82) is 0 Å². The van der Waals surface area contributed by atoms with Crippen molar-refractivity contribution in [2.75, 3.05) is 19.7 Å². The lowest BCUT2D eigenvalue weighted by atomic mass is 9.97. The number of rotatable bonds is 6. The molecule has 0 aromatic heterocycles. The van der Waals surface area contributed by atoms with Crippen molar-refractivity contribution in [2.24, 2.45) is 5.41 Å². The van der Waals surface area contributed by atoms with Gasteiger partial charge in [-0.05, 0) is 64.8 Å². The fourth-order valence-corrected chi connectivity index (χ4v) is 3.00. The van der Waals surface area contributed by atoms with Crippen molar-refractivity contribution in [3.05, 3.63) is 23.8 Å². The highest BCUT2D eigenvalue weighted by molar-refractivity contribution is 5.78. The van der Waals surface area contributed by atoms with Crippen LogP contribution in [0.1, 0.15) is 53.0 Å². The van der Waals surface area contributed by atoms with Crippen molar-refractivity contribution < 1.29 is 14.3 Å². The molecule has 0 saturated carbocycles. The molecule has 1 aliphatic rings. The molecule has 1 aliphatic heterocycles. The Bertz CT molecular complexity index is 556. The lowest BCUT2D eigenvalue weighted by Crippen LogP contribution is -2.44. The van der Waals surface area contributed by atoms with Gasteiger partial charge in [-0.3, -0.25) is 9.69 Å². The smallest absolute Gasteiger partial charge is 0.316 e. The molecular weight excluding hydrogens is 302 g/mol. The van der Waals surface area contributed by atoms with E-state index in [1.807, 2.05) is 32.9 Å². The Hall–Kier alpha value is -1.55. The molecule has 0 saturated heterocycles. The van der Waals surface area contributed by atoms with Crippen LogP contribution in [0.25, 0.3) is 0 Å². The molecule has 0 radical (unpaired) electrons. The van der Waals surface area contributed by atoms with Crippen molar-refractivity contribution in [1.82, 2.24) is 4.90 Å². The molecule has 1 atom stereocenters. The first kappa shape index (κ1) is 18.8. The van der Waals surface area contributed by atoms with Gasteiger partial charge in [0.2, 0.25) is 0 Å². The minimum atomic E-state index is -0.529. The summed E-state index contributed by atoms with van der Waals surface area (Å²) in [6, 6.07) is 6.23.